The highest BCUT2D eigenvalue weighted by Crippen LogP contribution is 2.36. The lowest BCUT2D eigenvalue weighted by molar-refractivity contribution is 0.135. The van der Waals surface area contributed by atoms with E-state index in [4.69, 9.17) is 0 Å². The second kappa shape index (κ2) is 4.63. The van der Waals surface area contributed by atoms with E-state index in [1.807, 2.05) is 0 Å². The molecule has 2 heterocycles. The molecule has 0 spiro atoms. The number of hydrogen-bond acceptors (Lipinski definition) is 3. The molecule has 0 aliphatic carbocycles. The van der Waals surface area contributed by atoms with Crippen LogP contribution in [0.1, 0.15) is 32.6 Å². The zero-order chi connectivity index (χ0) is 11.8. The highest BCUT2D eigenvalue weighted by Gasteiger charge is 2.38. The molecule has 2 bridgehead atoms. The Kier molecular flexibility index (Phi) is 3.56. The molecular weight excluding hydrogens is 224 g/mol. The van der Waals surface area contributed by atoms with Gasteiger partial charge in [0.25, 0.3) is 0 Å². The summed E-state index contributed by atoms with van der Waals surface area (Å²) >= 11 is 0. The normalized spacial score (nSPS) is 35.5. The van der Waals surface area contributed by atoms with Gasteiger partial charge >= 0.3 is 0 Å². The van der Waals surface area contributed by atoms with Crippen molar-refractivity contribution >= 4 is 10.0 Å². The van der Waals surface area contributed by atoms with Crippen LogP contribution >= 0.6 is 0 Å². The standard InChI is InChI=1S/C11H22N2O2S/c1-3-16(14,15)12-8-9-6-10-4-5-11(7-9)13(10)2/h9-12H,3-8H2,1-2H3. The molecular formula is C11H22N2O2S. The molecule has 0 aromatic heterocycles. The van der Waals surface area contributed by atoms with E-state index >= 15 is 0 Å². The second-order valence-electron chi connectivity index (χ2n) is 5.14. The molecule has 5 heteroatoms. The van der Waals surface area contributed by atoms with Crippen molar-refractivity contribution in [1.82, 2.24) is 9.62 Å². The number of rotatable bonds is 4. The Balaban J connectivity index is 1.85. The first kappa shape index (κ1) is 12.3. The third kappa shape index (κ3) is 2.57. The average molecular weight is 246 g/mol. The van der Waals surface area contributed by atoms with E-state index in [2.05, 4.69) is 16.7 Å². The van der Waals surface area contributed by atoms with Gasteiger partial charge in [-0.15, -0.1) is 0 Å². The Bertz CT molecular complexity index is 328. The first-order valence-corrected chi connectivity index (χ1v) is 7.86. The predicted octanol–water partition coefficient (Wildman–Crippen LogP) is 0.798. The zero-order valence-corrected chi connectivity index (χ0v) is 11.0. The van der Waals surface area contributed by atoms with Gasteiger partial charge < -0.3 is 4.90 Å². The van der Waals surface area contributed by atoms with Crippen molar-refractivity contribution in [2.24, 2.45) is 5.92 Å². The smallest absolute Gasteiger partial charge is 0.211 e. The summed E-state index contributed by atoms with van der Waals surface area (Å²) < 4.78 is 25.4. The van der Waals surface area contributed by atoms with Crippen LogP contribution in [0.2, 0.25) is 0 Å². The summed E-state index contributed by atoms with van der Waals surface area (Å²) in [5.74, 6) is 0.724. The van der Waals surface area contributed by atoms with Crippen LogP contribution in [0.3, 0.4) is 0 Å². The van der Waals surface area contributed by atoms with E-state index in [1.165, 1.54) is 12.8 Å². The maximum Gasteiger partial charge on any atom is 0.211 e. The van der Waals surface area contributed by atoms with E-state index in [0.29, 0.717) is 24.5 Å². The van der Waals surface area contributed by atoms with Crippen LogP contribution in [0, 0.1) is 5.92 Å². The third-order valence-corrected chi connectivity index (χ3v) is 5.53. The van der Waals surface area contributed by atoms with Crippen molar-refractivity contribution in [3.63, 3.8) is 0 Å². The summed E-state index contributed by atoms with van der Waals surface area (Å²) in [6.07, 6.45) is 4.88. The molecule has 16 heavy (non-hydrogen) atoms. The molecule has 0 radical (unpaired) electrons. The molecule has 0 saturated carbocycles. The molecule has 0 aromatic carbocycles. The van der Waals surface area contributed by atoms with Crippen molar-refractivity contribution in [3.8, 4) is 0 Å². The maximum atomic E-state index is 11.4. The molecule has 2 rings (SSSR count). The van der Waals surface area contributed by atoms with Crippen LogP contribution in [-0.2, 0) is 10.0 Å². The summed E-state index contributed by atoms with van der Waals surface area (Å²) in [5, 5.41) is 0. The second-order valence-corrected chi connectivity index (χ2v) is 7.24. The summed E-state index contributed by atoms with van der Waals surface area (Å²) in [6, 6.07) is 1.38. The topological polar surface area (TPSA) is 49.4 Å². The molecule has 2 unspecified atom stereocenters. The van der Waals surface area contributed by atoms with E-state index < -0.39 is 10.0 Å². The minimum Gasteiger partial charge on any atom is -0.300 e. The first-order chi connectivity index (χ1) is 7.52. The summed E-state index contributed by atoms with van der Waals surface area (Å²) in [4.78, 5) is 2.48. The van der Waals surface area contributed by atoms with Gasteiger partial charge in [0.15, 0.2) is 0 Å². The van der Waals surface area contributed by atoms with Crippen LogP contribution in [0.25, 0.3) is 0 Å². The molecule has 2 aliphatic rings. The zero-order valence-electron chi connectivity index (χ0n) is 10.1. The molecule has 0 aromatic rings. The van der Waals surface area contributed by atoms with Gasteiger partial charge in [-0.1, -0.05) is 0 Å². The van der Waals surface area contributed by atoms with Gasteiger partial charge in [0.05, 0.1) is 5.75 Å². The van der Waals surface area contributed by atoms with Gasteiger partial charge in [0, 0.05) is 18.6 Å². The molecule has 2 fully saturated rings. The molecule has 2 atom stereocenters. The Hall–Kier alpha value is -0.130. The van der Waals surface area contributed by atoms with Crippen LogP contribution in [0.4, 0.5) is 0 Å². The summed E-state index contributed by atoms with van der Waals surface area (Å²) in [5.41, 5.74) is 0. The van der Waals surface area contributed by atoms with Crippen molar-refractivity contribution in [3.05, 3.63) is 0 Å². The van der Waals surface area contributed by atoms with Crippen LogP contribution in [0.5, 0.6) is 0 Å². The summed E-state index contributed by atoms with van der Waals surface area (Å²) in [7, 11) is -0.807. The lowest BCUT2D eigenvalue weighted by Gasteiger charge is -2.36. The van der Waals surface area contributed by atoms with E-state index in [0.717, 1.165) is 12.8 Å². The van der Waals surface area contributed by atoms with E-state index in [-0.39, 0.29) is 5.75 Å². The third-order valence-electron chi connectivity index (χ3n) is 4.17. The quantitative estimate of drug-likeness (QED) is 0.798. The van der Waals surface area contributed by atoms with Gasteiger partial charge in [0.2, 0.25) is 10.0 Å². The SMILES string of the molecule is CCS(=O)(=O)NCC1CC2CCC(C1)N2C. The molecule has 0 amide bonds. The van der Waals surface area contributed by atoms with Gasteiger partial charge in [-0.05, 0) is 45.6 Å². The lowest BCUT2D eigenvalue weighted by Crippen LogP contribution is -2.43. The fraction of sp³-hybridized carbons (Fsp3) is 1.00. The minimum absolute atomic E-state index is 0.187. The molecule has 2 aliphatic heterocycles. The van der Waals surface area contributed by atoms with E-state index in [9.17, 15) is 8.42 Å². The van der Waals surface area contributed by atoms with Gasteiger partial charge in [-0.25, -0.2) is 13.1 Å². The number of sulfonamides is 1. The molecule has 94 valence electrons. The van der Waals surface area contributed by atoms with Crippen molar-refractivity contribution in [2.45, 2.75) is 44.7 Å². The first-order valence-electron chi connectivity index (χ1n) is 6.21. The largest absolute Gasteiger partial charge is 0.300 e. The Labute approximate surface area is 98.4 Å². The average Bonchev–Trinajstić information content (AvgIpc) is 2.51. The Morgan fingerprint density at radius 3 is 2.31 bits per heavy atom. The summed E-state index contributed by atoms with van der Waals surface area (Å²) in [6.45, 7) is 2.32. The number of hydrogen-bond donors (Lipinski definition) is 1. The highest BCUT2D eigenvalue weighted by molar-refractivity contribution is 7.89. The number of nitrogens with zero attached hydrogens (tertiary/aromatic N) is 1. The molecule has 1 N–H and O–H groups in total. The number of piperidine rings is 1. The number of nitrogens with one attached hydrogen (secondary N) is 1. The van der Waals surface area contributed by atoms with Crippen molar-refractivity contribution in [1.29, 1.82) is 0 Å². The van der Waals surface area contributed by atoms with Crippen LogP contribution in [-0.4, -0.2) is 44.7 Å². The fourth-order valence-electron chi connectivity index (χ4n) is 3.04. The fourth-order valence-corrected chi connectivity index (χ4v) is 3.73. The maximum absolute atomic E-state index is 11.4. The predicted molar refractivity (Wildman–Crippen MR) is 64.8 cm³/mol. The van der Waals surface area contributed by atoms with E-state index in [1.54, 1.807) is 6.92 Å². The van der Waals surface area contributed by atoms with Gasteiger partial charge in [-0.2, -0.15) is 0 Å². The number of fused-ring (bicyclic) bond motifs is 2. The van der Waals surface area contributed by atoms with Gasteiger partial charge in [-0.3, -0.25) is 0 Å². The van der Waals surface area contributed by atoms with Crippen LogP contribution < -0.4 is 4.72 Å². The highest BCUT2D eigenvalue weighted by atomic mass is 32.2. The lowest BCUT2D eigenvalue weighted by atomic mass is 9.91. The Morgan fingerprint density at radius 1 is 1.25 bits per heavy atom. The molecule has 4 nitrogen and oxygen atoms in total. The Morgan fingerprint density at radius 2 is 1.81 bits per heavy atom. The van der Waals surface area contributed by atoms with Gasteiger partial charge in [0.1, 0.15) is 0 Å². The minimum atomic E-state index is -3.01. The molecule has 2 saturated heterocycles. The van der Waals surface area contributed by atoms with Crippen molar-refractivity contribution in [2.75, 3.05) is 19.3 Å². The monoisotopic (exact) mass is 246 g/mol. The van der Waals surface area contributed by atoms with Crippen molar-refractivity contribution < 1.29 is 8.42 Å². The van der Waals surface area contributed by atoms with Crippen LogP contribution in [0.15, 0.2) is 0 Å².